The van der Waals surface area contributed by atoms with E-state index in [0.29, 0.717) is 158 Å². The Morgan fingerprint density at radius 2 is 0.635 bits per heavy atom. The molecule has 0 saturated heterocycles. The standard InChI is InChI=1S/C36H63NO15/c1-37(2)8-9-40-10-11-41-12-13-42-14-15-43-16-17-44-18-19-45-20-21-46-22-23-47-24-25-48-26-27-49-28-29-50-30-31-51-32-33-52-36(39)35(38)34-6-4-3-5-7-34/h3-7H,8-33H2,1-2H3. The lowest BCUT2D eigenvalue weighted by Crippen LogP contribution is -2.20. The number of benzene rings is 1. The highest BCUT2D eigenvalue weighted by Crippen LogP contribution is 2.01. The highest BCUT2D eigenvalue weighted by molar-refractivity contribution is 6.40. The van der Waals surface area contributed by atoms with Gasteiger partial charge >= 0.3 is 5.97 Å². The van der Waals surface area contributed by atoms with E-state index in [1.165, 1.54) is 0 Å². The second-order valence-corrected chi connectivity index (χ2v) is 11.0. The fourth-order valence-corrected chi connectivity index (χ4v) is 3.73. The quantitative estimate of drug-likeness (QED) is 0.0407. The van der Waals surface area contributed by atoms with Crippen LogP contribution >= 0.6 is 0 Å². The largest absolute Gasteiger partial charge is 0.457 e. The van der Waals surface area contributed by atoms with E-state index in [1.807, 2.05) is 14.1 Å². The summed E-state index contributed by atoms with van der Waals surface area (Å²) in [6.45, 7) is 12.5. The van der Waals surface area contributed by atoms with Crippen LogP contribution in [0, 0.1) is 0 Å². The average molecular weight is 750 g/mol. The van der Waals surface area contributed by atoms with Crippen molar-refractivity contribution in [2.24, 2.45) is 0 Å². The molecular formula is C36H63NO15. The molecule has 16 nitrogen and oxygen atoms in total. The zero-order valence-electron chi connectivity index (χ0n) is 31.3. The van der Waals surface area contributed by atoms with Gasteiger partial charge in [0.15, 0.2) is 0 Å². The lowest BCUT2D eigenvalue weighted by Gasteiger charge is -2.10. The number of carbonyl (C=O) groups excluding carboxylic acids is 2. The van der Waals surface area contributed by atoms with Crippen molar-refractivity contribution in [3.63, 3.8) is 0 Å². The predicted molar refractivity (Wildman–Crippen MR) is 190 cm³/mol. The third kappa shape index (κ3) is 33.7. The summed E-state index contributed by atoms with van der Waals surface area (Å²) in [5.41, 5.74) is 0.295. The van der Waals surface area contributed by atoms with E-state index in [9.17, 15) is 9.59 Å². The van der Waals surface area contributed by atoms with Gasteiger partial charge in [-0.05, 0) is 14.1 Å². The minimum absolute atomic E-state index is 0.00408. The second kappa shape index (κ2) is 38.6. The minimum atomic E-state index is -0.898. The summed E-state index contributed by atoms with van der Waals surface area (Å²) in [4.78, 5) is 25.7. The Morgan fingerprint density at radius 1 is 0.385 bits per heavy atom. The Balaban J connectivity index is 1.64. The molecule has 0 amide bonds. The van der Waals surface area contributed by atoms with Crippen LogP contribution in [0.5, 0.6) is 0 Å². The van der Waals surface area contributed by atoms with Gasteiger partial charge in [0.2, 0.25) is 0 Å². The van der Waals surface area contributed by atoms with E-state index in [1.54, 1.807) is 30.3 Å². The van der Waals surface area contributed by atoms with Crippen LogP contribution in [0.25, 0.3) is 0 Å². The van der Waals surface area contributed by atoms with Gasteiger partial charge in [0.05, 0.1) is 159 Å². The maximum absolute atomic E-state index is 11.9. The number of likely N-dealkylation sites (N-methyl/N-ethyl adjacent to an activating group) is 1. The van der Waals surface area contributed by atoms with Crippen LogP contribution < -0.4 is 0 Å². The number of carbonyl (C=O) groups is 2. The number of ether oxygens (including phenoxy) is 13. The van der Waals surface area contributed by atoms with Crippen molar-refractivity contribution in [1.29, 1.82) is 0 Å². The first-order chi connectivity index (χ1) is 25.6. The van der Waals surface area contributed by atoms with Gasteiger partial charge in [0.25, 0.3) is 5.78 Å². The first-order valence-electron chi connectivity index (χ1n) is 18.0. The number of hydrogen-bond acceptors (Lipinski definition) is 16. The van der Waals surface area contributed by atoms with Crippen LogP contribution in [0.1, 0.15) is 10.4 Å². The summed E-state index contributed by atoms with van der Waals surface area (Å²) < 4.78 is 70.3. The van der Waals surface area contributed by atoms with Crippen LogP contribution in [0.15, 0.2) is 30.3 Å². The molecule has 0 aliphatic rings. The monoisotopic (exact) mass is 749 g/mol. The lowest BCUT2D eigenvalue weighted by atomic mass is 10.1. The van der Waals surface area contributed by atoms with Gasteiger partial charge in [-0.3, -0.25) is 4.79 Å². The van der Waals surface area contributed by atoms with Crippen molar-refractivity contribution in [3.8, 4) is 0 Å². The fraction of sp³-hybridized carbons (Fsp3) is 0.778. The molecule has 0 aliphatic carbocycles. The zero-order valence-corrected chi connectivity index (χ0v) is 31.3. The third-order valence-corrected chi connectivity index (χ3v) is 6.46. The molecule has 16 heteroatoms. The molecule has 0 saturated carbocycles. The van der Waals surface area contributed by atoms with Crippen molar-refractivity contribution >= 4 is 11.8 Å². The molecule has 0 spiro atoms. The van der Waals surface area contributed by atoms with E-state index in [0.717, 1.165) is 6.54 Å². The Morgan fingerprint density at radius 3 is 0.904 bits per heavy atom. The van der Waals surface area contributed by atoms with E-state index >= 15 is 0 Å². The number of rotatable bonds is 41. The minimum Gasteiger partial charge on any atom is -0.457 e. The van der Waals surface area contributed by atoms with Crippen molar-refractivity contribution in [1.82, 2.24) is 4.90 Å². The SMILES string of the molecule is CN(C)CCOCCOCCOCCOCCOCCOCCOCCOCCOCCOCCOCCOCCOC(=O)C(=O)c1ccccc1. The van der Waals surface area contributed by atoms with Crippen LogP contribution in [-0.4, -0.2) is 202 Å². The molecule has 0 bridgehead atoms. The summed E-state index contributed by atoms with van der Waals surface area (Å²) >= 11 is 0. The smallest absolute Gasteiger partial charge is 0.379 e. The number of nitrogens with zero attached hydrogens (tertiary/aromatic N) is 1. The number of esters is 1. The summed E-state index contributed by atoms with van der Waals surface area (Å²) in [5, 5.41) is 0. The maximum Gasteiger partial charge on any atom is 0.379 e. The summed E-state index contributed by atoms with van der Waals surface area (Å²) in [6, 6.07) is 8.26. The molecule has 0 N–H and O–H groups in total. The van der Waals surface area contributed by atoms with Gasteiger partial charge in [-0.15, -0.1) is 0 Å². The average Bonchev–Trinajstić information content (AvgIpc) is 3.15. The Bertz CT molecular complexity index is 913. The Labute approximate surface area is 309 Å². The molecule has 0 radical (unpaired) electrons. The highest BCUT2D eigenvalue weighted by atomic mass is 16.6. The molecule has 0 aromatic heterocycles. The molecule has 1 aromatic carbocycles. The normalized spacial score (nSPS) is 11.4. The van der Waals surface area contributed by atoms with Crippen molar-refractivity contribution < 1.29 is 71.2 Å². The number of hydrogen-bond donors (Lipinski definition) is 0. The molecule has 1 aromatic rings. The molecule has 52 heavy (non-hydrogen) atoms. The molecule has 0 heterocycles. The molecule has 0 aliphatic heterocycles. The summed E-state index contributed by atoms with van der Waals surface area (Å²) in [7, 11) is 4.03. The first-order valence-corrected chi connectivity index (χ1v) is 18.0. The van der Waals surface area contributed by atoms with Crippen LogP contribution in [-0.2, 0) is 66.4 Å². The highest BCUT2D eigenvalue weighted by Gasteiger charge is 2.17. The van der Waals surface area contributed by atoms with E-state index < -0.39 is 11.8 Å². The van der Waals surface area contributed by atoms with E-state index in [2.05, 4.69) is 4.90 Å². The van der Waals surface area contributed by atoms with Crippen LogP contribution in [0.4, 0.5) is 0 Å². The Kier molecular flexibility index (Phi) is 35.5. The van der Waals surface area contributed by atoms with Gasteiger partial charge in [0.1, 0.15) is 6.61 Å². The van der Waals surface area contributed by atoms with Crippen molar-refractivity contribution in [3.05, 3.63) is 35.9 Å². The van der Waals surface area contributed by atoms with E-state index in [-0.39, 0.29) is 13.2 Å². The van der Waals surface area contributed by atoms with Gasteiger partial charge in [0, 0.05) is 12.1 Å². The summed E-state index contributed by atoms with van der Waals surface area (Å²) in [6.07, 6.45) is 0. The van der Waals surface area contributed by atoms with Crippen LogP contribution in [0.2, 0.25) is 0 Å². The van der Waals surface area contributed by atoms with Crippen molar-refractivity contribution in [2.75, 3.05) is 186 Å². The van der Waals surface area contributed by atoms with Gasteiger partial charge in [-0.2, -0.15) is 0 Å². The molecular weight excluding hydrogens is 686 g/mol. The van der Waals surface area contributed by atoms with E-state index in [4.69, 9.17) is 61.6 Å². The topological polar surface area (TPSA) is 157 Å². The van der Waals surface area contributed by atoms with Crippen molar-refractivity contribution in [2.45, 2.75) is 0 Å². The molecule has 0 fully saturated rings. The molecule has 302 valence electrons. The predicted octanol–water partition coefficient (Wildman–Crippen LogP) is 1.17. The number of Topliss-reactive ketones (excluding diaryl/α,β-unsaturated/α-hetero) is 1. The third-order valence-electron chi connectivity index (χ3n) is 6.46. The second-order valence-electron chi connectivity index (χ2n) is 11.0. The van der Waals surface area contributed by atoms with Gasteiger partial charge < -0.3 is 66.5 Å². The van der Waals surface area contributed by atoms with Crippen LogP contribution in [0.3, 0.4) is 0 Å². The lowest BCUT2D eigenvalue weighted by molar-refractivity contribution is -0.139. The van der Waals surface area contributed by atoms with Gasteiger partial charge in [-0.25, -0.2) is 4.79 Å². The fourth-order valence-electron chi connectivity index (χ4n) is 3.73. The summed E-state index contributed by atoms with van der Waals surface area (Å²) in [5.74, 6) is -1.57. The molecule has 0 atom stereocenters. The number of ketones is 1. The first kappa shape index (κ1) is 47.9. The maximum atomic E-state index is 11.9. The molecule has 0 unspecified atom stereocenters. The molecule has 1 rings (SSSR count). The zero-order chi connectivity index (χ0) is 37.4. The van der Waals surface area contributed by atoms with Gasteiger partial charge in [-0.1, -0.05) is 30.3 Å². The Hall–Kier alpha value is -2.16.